The molecular formula is C9H20N2O3S. The van der Waals surface area contributed by atoms with Gasteiger partial charge >= 0.3 is 0 Å². The van der Waals surface area contributed by atoms with Gasteiger partial charge in [-0.05, 0) is 20.3 Å². The number of carbonyl (C=O) groups is 1. The molecule has 0 spiro atoms. The summed E-state index contributed by atoms with van der Waals surface area (Å²) < 4.78 is 22.8. The first-order valence-corrected chi connectivity index (χ1v) is 6.84. The quantitative estimate of drug-likeness (QED) is 0.660. The van der Waals surface area contributed by atoms with Crippen molar-refractivity contribution in [3.63, 3.8) is 0 Å². The number of amides is 1. The van der Waals surface area contributed by atoms with Crippen molar-refractivity contribution in [1.29, 1.82) is 0 Å². The van der Waals surface area contributed by atoms with E-state index >= 15 is 0 Å². The van der Waals surface area contributed by atoms with Crippen molar-refractivity contribution in [2.45, 2.75) is 39.3 Å². The molecule has 0 fully saturated rings. The molecule has 5 nitrogen and oxygen atoms in total. The summed E-state index contributed by atoms with van der Waals surface area (Å²) in [7, 11) is -3.37. The van der Waals surface area contributed by atoms with Crippen LogP contribution >= 0.6 is 0 Å². The second-order valence-electron chi connectivity index (χ2n) is 3.91. The third-order valence-electron chi connectivity index (χ3n) is 1.89. The van der Waals surface area contributed by atoms with Gasteiger partial charge in [-0.15, -0.1) is 0 Å². The molecule has 0 aliphatic rings. The van der Waals surface area contributed by atoms with E-state index in [0.717, 1.165) is 6.42 Å². The van der Waals surface area contributed by atoms with Crippen molar-refractivity contribution in [2.24, 2.45) is 5.73 Å². The van der Waals surface area contributed by atoms with Crippen molar-refractivity contribution in [2.75, 3.05) is 11.5 Å². The van der Waals surface area contributed by atoms with Crippen LogP contribution in [0.4, 0.5) is 0 Å². The molecule has 0 bridgehead atoms. The number of carbonyl (C=O) groups excluding carboxylic acids is 1. The first-order chi connectivity index (χ1) is 6.76. The minimum absolute atomic E-state index is 0.00278. The first kappa shape index (κ1) is 14.4. The van der Waals surface area contributed by atoms with Crippen molar-refractivity contribution >= 4 is 15.7 Å². The van der Waals surface area contributed by atoms with Gasteiger partial charge in [-0.25, -0.2) is 8.42 Å². The maximum Gasteiger partial charge on any atom is 0.235 e. The average molecular weight is 236 g/mol. The van der Waals surface area contributed by atoms with Gasteiger partial charge in [0.1, 0.15) is 5.75 Å². The molecule has 1 amide bonds. The number of hydrogen-bond acceptors (Lipinski definition) is 4. The smallest absolute Gasteiger partial charge is 0.235 e. The molecular weight excluding hydrogens is 216 g/mol. The average Bonchev–Trinajstić information content (AvgIpc) is 1.99. The summed E-state index contributed by atoms with van der Waals surface area (Å²) in [5, 5.41) is 2.60. The van der Waals surface area contributed by atoms with Crippen LogP contribution in [0, 0.1) is 0 Å². The Labute approximate surface area is 91.3 Å². The van der Waals surface area contributed by atoms with Gasteiger partial charge in [0, 0.05) is 12.1 Å². The van der Waals surface area contributed by atoms with E-state index in [1.165, 1.54) is 0 Å². The zero-order chi connectivity index (χ0) is 12.1. The van der Waals surface area contributed by atoms with Gasteiger partial charge in [-0.2, -0.15) is 0 Å². The zero-order valence-corrected chi connectivity index (χ0v) is 10.3. The van der Waals surface area contributed by atoms with Crippen LogP contribution in [0.2, 0.25) is 0 Å². The zero-order valence-electron chi connectivity index (χ0n) is 9.49. The van der Waals surface area contributed by atoms with Gasteiger partial charge in [0.2, 0.25) is 5.91 Å². The van der Waals surface area contributed by atoms with E-state index in [1.807, 2.05) is 13.8 Å². The predicted molar refractivity (Wildman–Crippen MR) is 60.2 cm³/mol. The standard InChI is InChI=1S/C9H20N2O3S/c1-4-8(3)11-9(12)6-15(13,14)5-7(2)10/h7-8H,4-6,10H2,1-3H3,(H,11,12). The SMILES string of the molecule is CCC(C)NC(=O)CS(=O)(=O)CC(C)N. The topological polar surface area (TPSA) is 89.3 Å². The number of rotatable bonds is 6. The lowest BCUT2D eigenvalue weighted by atomic mass is 10.3. The van der Waals surface area contributed by atoms with Crippen LogP contribution in [0.25, 0.3) is 0 Å². The Kier molecular flexibility index (Phi) is 5.82. The molecule has 0 saturated heterocycles. The van der Waals surface area contributed by atoms with Crippen LogP contribution in [0.15, 0.2) is 0 Å². The van der Waals surface area contributed by atoms with Gasteiger partial charge in [-0.1, -0.05) is 6.92 Å². The minimum atomic E-state index is -3.37. The summed E-state index contributed by atoms with van der Waals surface area (Å²) in [4.78, 5) is 11.3. The van der Waals surface area contributed by atoms with Gasteiger partial charge in [0.25, 0.3) is 0 Å². The Morgan fingerprint density at radius 1 is 1.40 bits per heavy atom. The van der Waals surface area contributed by atoms with E-state index in [9.17, 15) is 13.2 Å². The summed E-state index contributed by atoms with van der Waals surface area (Å²) in [6, 6.07) is -0.436. The molecule has 3 N–H and O–H groups in total. The van der Waals surface area contributed by atoms with Crippen molar-refractivity contribution in [3.8, 4) is 0 Å². The predicted octanol–water partition coefficient (Wildman–Crippen LogP) is -0.337. The Morgan fingerprint density at radius 2 is 1.93 bits per heavy atom. The summed E-state index contributed by atoms with van der Waals surface area (Å²) in [5.74, 6) is -1.08. The second-order valence-corrected chi connectivity index (χ2v) is 6.02. The number of nitrogens with two attached hydrogens (primary N) is 1. The highest BCUT2D eigenvalue weighted by molar-refractivity contribution is 7.92. The molecule has 0 aliphatic carbocycles. The Morgan fingerprint density at radius 3 is 2.33 bits per heavy atom. The van der Waals surface area contributed by atoms with Gasteiger partial charge in [-0.3, -0.25) is 4.79 Å². The lowest BCUT2D eigenvalue weighted by molar-refractivity contribution is -0.119. The van der Waals surface area contributed by atoms with E-state index in [4.69, 9.17) is 5.73 Å². The molecule has 90 valence electrons. The molecule has 6 heteroatoms. The van der Waals surface area contributed by atoms with Crippen LogP contribution in [0.1, 0.15) is 27.2 Å². The summed E-state index contributed by atoms with van der Waals surface area (Å²) in [6.45, 7) is 5.35. The third-order valence-corrected chi connectivity index (χ3v) is 3.62. The lowest BCUT2D eigenvalue weighted by Crippen LogP contribution is -2.38. The third kappa shape index (κ3) is 7.33. The van der Waals surface area contributed by atoms with E-state index in [2.05, 4.69) is 5.32 Å². The van der Waals surface area contributed by atoms with Crippen LogP contribution in [0.3, 0.4) is 0 Å². The molecule has 2 atom stereocenters. The molecule has 2 unspecified atom stereocenters. The van der Waals surface area contributed by atoms with Crippen LogP contribution < -0.4 is 11.1 Å². The maximum absolute atomic E-state index is 11.4. The van der Waals surface area contributed by atoms with E-state index in [-0.39, 0.29) is 11.8 Å². The molecule has 15 heavy (non-hydrogen) atoms. The van der Waals surface area contributed by atoms with E-state index < -0.39 is 27.5 Å². The summed E-state index contributed by atoms with van der Waals surface area (Å²) >= 11 is 0. The van der Waals surface area contributed by atoms with Crippen LogP contribution in [-0.4, -0.2) is 37.9 Å². The summed E-state index contributed by atoms with van der Waals surface area (Å²) in [5.41, 5.74) is 5.37. The molecule has 0 aliphatic heterocycles. The van der Waals surface area contributed by atoms with Gasteiger partial charge in [0.15, 0.2) is 9.84 Å². The first-order valence-electron chi connectivity index (χ1n) is 5.02. The molecule has 0 rings (SSSR count). The number of hydrogen-bond donors (Lipinski definition) is 2. The fourth-order valence-electron chi connectivity index (χ4n) is 1.08. The second kappa shape index (κ2) is 6.07. The number of sulfone groups is 1. The minimum Gasteiger partial charge on any atom is -0.353 e. The fraction of sp³-hybridized carbons (Fsp3) is 0.889. The Balaban J connectivity index is 4.17. The Bertz CT molecular complexity index is 298. The van der Waals surface area contributed by atoms with Crippen molar-refractivity contribution in [3.05, 3.63) is 0 Å². The highest BCUT2D eigenvalue weighted by Crippen LogP contribution is 1.95. The molecule has 0 aromatic heterocycles. The monoisotopic (exact) mass is 236 g/mol. The fourth-order valence-corrected chi connectivity index (χ4v) is 2.48. The number of nitrogens with one attached hydrogen (secondary N) is 1. The molecule has 0 radical (unpaired) electrons. The van der Waals surface area contributed by atoms with E-state index in [0.29, 0.717) is 0 Å². The van der Waals surface area contributed by atoms with Crippen LogP contribution in [0.5, 0.6) is 0 Å². The Hall–Kier alpha value is -0.620. The van der Waals surface area contributed by atoms with Gasteiger partial charge < -0.3 is 11.1 Å². The normalized spacial score (nSPS) is 15.7. The van der Waals surface area contributed by atoms with Gasteiger partial charge in [0.05, 0.1) is 5.75 Å². The molecule has 0 heterocycles. The molecule has 0 aromatic rings. The largest absolute Gasteiger partial charge is 0.353 e. The molecule has 0 saturated carbocycles. The highest BCUT2D eigenvalue weighted by atomic mass is 32.2. The van der Waals surface area contributed by atoms with Crippen molar-refractivity contribution in [1.82, 2.24) is 5.32 Å². The van der Waals surface area contributed by atoms with Crippen LogP contribution in [-0.2, 0) is 14.6 Å². The maximum atomic E-state index is 11.4. The lowest BCUT2D eigenvalue weighted by Gasteiger charge is -2.12. The molecule has 0 aromatic carbocycles. The van der Waals surface area contributed by atoms with E-state index in [1.54, 1.807) is 6.92 Å². The van der Waals surface area contributed by atoms with Crippen molar-refractivity contribution < 1.29 is 13.2 Å². The highest BCUT2D eigenvalue weighted by Gasteiger charge is 2.18. The summed E-state index contributed by atoms with van der Waals surface area (Å²) in [6.07, 6.45) is 0.777.